The zero-order chi connectivity index (χ0) is 41.7. The fourth-order valence-electron chi connectivity index (χ4n) is 4.88. The molecule has 0 saturated heterocycles. The first-order valence-electron chi connectivity index (χ1n) is 17.8. The number of thiol groups is 1. The summed E-state index contributed by atoms with van der Waals surface area (Å²) in [6, 6.07) is -8.83. The molecule has 0 fully saturated rings. The highest BCUT2D eigenvalue weighted by Gasteiger charge is 2.35. The van der Waals surface area contributed by atoms with Gasteiger partial charge in [0.2, 0.25) is 41.4 Å². The van der Waals surface area contributed by atoms with E-state index < -0.39 is 114 Å². The van der Waals surface area contributed by atoms with Crippen LogP contribution in [-0.4, -0.2) is 118 Å². The molecule has 0 unspecified atom stereocenters. The Morgan fingerprint density at radius 3 is 1.63 bits per heavy atom. The average molecular weight is 790 g/mol. The zero-order valence-corrected chi connectivity index (χ0v) is 32.4. The number of carbonyl (C=O) groups is 9. The summed E-state index contributed by atoms with van der Waals surface area (Å²) in [5.74, 6) is -9.24. The number of carboxylic acid groups (broad SMARTS) is 2. The summed E-state index contributed by atoms with van der Waals surface area (Å²) in [4.78, 5) is 113. The van der Waals surface area contributed by atoms with Crippen LogP contribution in [0.2, 0.25) is 0 Å². The van der Waals surface area contributed by atoms with Crippen LogP contribution in [0.25, 0.3) is 0 Å². The molecule has 7 amide bonds. The molecule has 0 saturated carbocycles. The standard InChI is InChI=1S/C33H59N9O11S/c1-6-17(4)26(42-27(46)18(5)37-29(48)21(11-13-24(44)45)38-28(47)19(35)15-54)32(51)41-25(16(2)3)31(50)39-20(9-7-8-14-34)30(49)40-22(33(52)53)10-12-23(36)43/h16-22,25-26,54H,6-15,34-35H2,1-5H3,(H2,36,43)(H,37,48)(H,38,47)(H,39,50)(H,40,49)(H,41,51)(H,42,46)(H,44,45)(H,52,53)/t17-,18-,19-,20-,21-,22-,25-,26-/m0/s1. The normalized spacial score (nSPS) is 15.5. The second kappa shape index (κ2) is 25.5. The second-order valence-corrected chi connectivity index (χ2v) is 13.7. The van der Waals surface area contributed by atoms with Gasteiger partial charge in [0.15, 0.2) is 0 Å². The third-order valence-corrected chi connectivity index (χ3v) is 8.87. The molecule has 0 radical (unpaired) electrons. The predicted molar refractivity (Wildman–Crippen MR) is 199 cm³/mol. The van der Waals surface area contributed by atoms with Crippen LogP contribution in [-0.2, 0) is 43.2 Å². The molecular formula is C33H59N9O11S. The van der Waals surface area contributed by atoms with Gasteiger partial charge in [0, 0.05) is 18.6 Å². The van der Waals surface area contributed by atoms with Gasteiger partial charge in [-0.3, -0.25) is 38.4 Å². The zero-order valence-electron chi connectivity index (χ0n) is 31.5. The van der Waals surface area contributed by atoms with Crippen molar-refractivity contribution in [3.05, 3.63) is 0 Å². The van der Waals surface area contributed by atoms with Gasteiger partial charge in [-0.15, -0.1) is 0 Å². The fraction of sp³-hybridized carbons (Fsp3) is 0.727. The minimum atomic E-state index is -1.46. The molecule has 0 heterocycles. The van der Waals surface area contributed by atoms with Crippen LogP contribution in [0.3, 0.4) is 0 Å². The number of aliphatic carboxylic acids is 2. The predicted octanol–water partition coefficient (Wildman–Crippen LogP) is -2.78. The van der Waals surface area contributed by atoms with Gasteiger partial charge in [0.05, 0.1) is 6.04 Å². The number of hydrogen-bond donors (Lipinski definition) is 12. The van der Waals surface area contributed by atoms with Crippen molar-refractivity contribution in [3.63, 3.8) is 0 Å². The van der Waals surface area contributed by atoms with E-state index in [-0.39, 0.29) is 31.4 Å². The summed E-state index contributed by atoms with van der Waals surface area (Å²) in [5, 5.41) is 33.5. The number of nitrogens with two attached hydrogens (primary N) is 3. The van der Waals surface area contributed by atoms with Crippen molar-refractivity contribution >= 4 is 65.9 Å². The highest BCUT2D eigenvalue weighted by Crippen LogP contribution is 2.12. The summed E-state index contributed by atoms with van der Waals surface area (Å²) >= 11 is 3.94. The third-order valence-electron chi connectivity index (χ3n) is 8.48. The number of unbranched alkanes of at least 4 members (excludes halogenated alkanes) is 1. The van der Waals surface area contributed by atoms with Crippen molar-refractivity contribution in [2.45, 2.75) is 128 Å². The van der Waals surface area contributed by atoms with Crippen LogP contribution >= 0.6 is 12.6 Å². The Kier molecular flexibility index (Phi) is 23.4. The van der Waals surface area contributed by atoms with Crippen LogP contribution in [0.4, 0.5) is 0 Å². The minimum Gasteiger partial charge on any atom is -0.481 e. The maximum atomic E-state index is 13.7. The van der Waals surface area contributed by atoms with E-state index in [4.69, 9.17) is 22.3 Å². The Labute approximate surface area is 320 Å². The first-order valence-corrected chi connectivity index (χ1v) is 18.4. The molecule has 0 aromatic carbocycles. The molecular weight excluding hydrogens is 730 g/mol. The molecule has 8 atom stereocenters. The lowest BCUT2D eigenvalue weighted by atomic mass is 9.96. The van der Waals surface area contributed by atoms with Gasteiger partial charge in [0.1, 0.15) is 36.3 Å². The minimum absolute atomic E-state index is 0.0477. The van der Waals surface area contributed by atoms with E-state index >= 15 is 0 Å². The summed E-state index contributed by atoms with van der Waals surface area (Å²) in [6.45, 7) is 8.32. The molecule has 54 heavy (non-hydrogen) atoms. The molecule has 0 aliphatic carbocycles. The quantitative estimate of drug-likeness (QED) is 0.0296. The van der Waals surface area contributed by atoms with Gasteiger partial charge < -0.3 is 59.3 Å². The van der Waals surface area contributed by atoms with E-state index in [9.17, 15) is 48.3 Å². The summed E-state index contributed by atoms with van der Waals surface area (Å²) in [7, 11) is 0. The van der Waals surface area contributed by atoms with Gasteiger partial charge >= 0.3 is 11.9 Å². The van der Waals surface area contributed by atoms with Crippen LogP contribution < -0.4 is 49.1 Å². The van der Waals surface area contributed by atoms with Crippen molar-refractivity contribution in [2.24, 2.45) is 29.0 Å². The number of carbonyl (C=O) groups excluding carboxylic acids is 7. The highest BCUT2D eigenvalue weighted by molar-refractivity contribution is 7.80. The third kappa shape index (κ3) is 18.5. The maximum absolute atomic E-state index is 13.7. The highest BCUT2D eigenvalue weighted by atomic mass is 32.1. The van der Waals surface area contributed by atoms with E-state index in [1.807, 2.05) is 0 Å². The lowest BCUT2D eigenvalue weighted by molar-refractivity contribution is -0.143. The SMILES string of the molecule is CC[C@H](C)[C@H](NC(=O)[C@H](C)NC(=O)[C@H](CCC(=O)O)NC(=O)[C@@H](N)CS)C(=O)N[C@H](C(=O)N[C@@H](CCCCN)C(=O)N[C@@H](CCC(N)=O)C(=O)O)C(C)C. The average Bonchev–Trinajstić information content (AvgIpc) is 3.10. The van der Waals surface area contributed by atoms with E-state index in [2.05, 4.69) is 44.5 Å². The Balaban J connectivity index is 6.01. The molecule has 0 aliphatic heterocycles. The topological polar surface area (TPSA) is 344 Å². The van der Waals surface area contributed by atoms with Crippen LogP contribution in [0.1, 0.15) is 86.0 Å². The first kappa shape index (κ1) is 49.5. The molecule has 0 rings (SSSR count). The summed E-state index contributed by atoms with van der Waals surface area (Å²) < 4.78 is 0. The largest absolute Gasteiger partial charge is 0.481 e. The molecule has 308 valence electrons. The van der Waals surface area contributed by atoms with E-state index in [0.717, 1.165) is 0 Å². The number of hydrogen-bond acceptors (Lipinski definition) is 12. The van der Waals surface area contributed by atoms with Crippen molar-refractivity contribution in [1.29, 1.82) is 0 Å². The van der Waals surface area contributed by atoms with Crippen LogP contribution in [0.5, 0.6) is 0 Å². The van der Waals surface area contributed by atoms with E-state index in [1.54, 1.807) is 27.7 Å². The molecule has 0 aliphatic rings. The lowest BCUT2D eigenvalue weighted by Gasteiger charge is -2.30. The van der Waals surface area contributed by atoms with E-state index in [0.29, 0.717) is 25.8 Å². The summed E-state index contributed by atoms with van der Waals surface area (Å²) in [6.07, 6.45) is -0.00685. The van der Waals surface area contributed by atoms with Crippen molar-refractivity contribution in [1.82, 2.24) is 31.9 Å². The number of amides is 7. The molecule has 0 spiro atoms. The van der Waals surface area contributed by atoms with Gasteiger partial charge in [-0.2, -0.15) is 12.6 Å². The smallest absolute Gasteiger partial charge is 0.326 e. The Morgan fingerprint density at radius 2 is 1.13 bits per heavy atom. The van der Waals surface area contributed by atoms with E-state index in [1.165, 1.54) is 6.92 Å². The first-order chi connectivity index (χ1) is 25.2. The van der Waals surface area contributed by atoms with Crippen LogP contribution in [0.15, 0.2) is 0 Å². The molecule has 0 aromatic heterocycles. The van der Waals surface area contributed by atoms with Crippen LogP contribution in [0, 0.1) is 11.8 Å². The van der Waals surface area contributed by atoms with Gasteiger partial charge in [-0.1, -0.05) is 34.1 Å². The monoisotopic (exact) mass is 789 g/mol. The Bertz CT molecular complexity index is 1320. The van der Waals surface area contributed by atoms with Crippen molar-refractivity contribution < 1.29 is 53.4 Å². The molecule has 20 nitrogen and oxygen atoms in total. The molecule has 14 N–H and O–H groups in total. The molecule has 0 aromatic rings. The Morgan fingerprint density at radius 1 is 0.630 bits per heavy atom. The number of carboxylic acids is 2. The second-order valence-electron chi connectivity index (χ2n) is 13.4. The van der Waals surface area contributed by atoms with Gasteiger partial charge in [0.25, 0.3) is 0 Å². The Hall–Kier alpha value is -4.50. The maximum Gasteiger partial charge on any atom is 0.326 e. The molecule has 0 bridgehead atoms. The number of nitrogens with one attached hydrogen (secondary N) is 6. The van der Waals surface area contributed by atoms with Gasteiger partial charge in [-0.25, -0.2) is 4.79 Å². The van der Waals surface area contributed by atoms with Crippen molar-refractivity contribution in [2.75, 3.05) is 12.3 Å². The van der Waals surface area contributed by atoms with Gasteiger partial charge in [-0.05, 0) is 57.4 Å². The number of primary amides is 1. The molecule has 21 heteroatoms. The number of rotatable bonds is 27. The summed E-state index contributed by atoms with van der Waals surface area (Å²) in [5.41, 5.74) is 16.4. The lowest BCUT2D eigenvalue weighted by Crippen LogP contribution is -2.61. The van der Waals surface area contributed by atoms with Crippen molar-refractivity contribution in [3.8, 4) is 0 Å². The fourth-order valence-corrected chi connectivity index (χ4v) is 5.04.